The van der Waals surface area contributed by atoms with Gasteiger partial charge in [0.25, 0.3) is 0 Å². The number of piperidine rings is 2. The standard InChI is InChI=1S/C130H110N4O6/c1-70-43-71(2)67-131(66-70)87-35-27-75-51-103-113(55-79(75)47-87)136-118-64-102(126-122(120(103)118)106-53-76-28-36-88(48-80(76)57-115(106)140-126)132-68-72(3)44-73(4)69-132)100-46-74(45-99-92-22-17-19-26-112(92)138-124(99)100)65-130(14,15)86-34-42-110-98(62-86)97-61-85(129(11,12)13)33-41-109(97)134(110)89-37-29-77-52-104-114(56-81(77)49-89)135-117-63-101(94-24-20-23-93-91-21-16-18-25-111(91)137-123(93)94)125-121(119(104)117)105-54-78-30-38-90(50-82(78)58-116(105)139-125)133-107-39-31-83(127(5,6)7)59-95(107)96-60-84(128(8,9)10)32-40-108(96)133/h16-42,45-64,70-73H,43-44,65-69H2,1-15H3. The van der Waals surface area contributed by atoms with Crippen molar-refractivity contribution in [3.8, 4) is 33.6 Å². The lowest BCUT2D eigenvalue weighted by molar-refractivity contribution is 0.357. The van der Waals surface area contributed by atoms with Crippen LogP contribution in [0.5, 0.6) is 0 Å². The van der Waals surface area contributed by atoms with Crippen molar-refractivity contribution in [3.05, 3.63) is 313 Å². The molecular weight excluding hydrogens is 1710 g/mol. The number of benzene rings is 18. The lowest BCUT2D eigenvalue weighted by atomic mass is 9.78. The van der Waals surface area contributed by atoms with Crippen LogP contribution in [0.15, 0.2) is 312 Å². The molecule has 0 N–H and O–H groups in total. The van der Waals surface area contributed by atoms with Gasteiger partial charge in [-0.25, -0.2) is 0 Å². The summed E-state index contributed by atoms with van der Waals surface area (Å²) in [5.41, 5.74) is 28.7. The van der Waals surface area contributed by atoms with Crippen LogP contribution in [0.4, 0.5) is 11.4 Å². The van der Waals surface area contributed by atoms with Crippen molar-refractivity contribution in [1.29, 1.82) is 0 Å². The van der Waals surface area contributed by atoms with Gasteiger partial charge in [0, 0.05) is 157 Å². The third kappa shape index (κ3) is 12.8. The summed E-state index contributed by atoms with van der Waals surface area (Å²) in [7, 11) is 0. The zero-order valence-electron chi connectivity index (χ0n) is 82.1. The van der Waals surface area contributed by atoms with Crippen LogP contribution < -0.4 is 9.80 Å². The van der Waals surface area contributed by atoms with Gasteiger partial charge in [-0.05, 0) is 317 Å². The molecule has 140 heavy (non-hydrogen) atoms. The number of furan rings is 6. The van der Waals surface area contributed by atoms with Gasteiger partial charge in [-0.15, -0.1) is 0 Å². The Labute approximate surface area is 810 Å². The minimum Gasteiger partial charge on any atom is -0.456 e. The number of hydrogen-bond acceptors (Lipinski definition) is 8. The monoisotopic (exact) mass is 1820 g/mol. The molecule has 686 valence electrons. The van der Waals surface area contributed by atoms with E-state index in [4.69, 9.17) is 26.5 Å². The van der Waals surface area contributed by atoms with Crippen molar-refractivity contribution < 1.29 is 26.5 Å². The number of para-hydroxylation sites is 3. The molecule has 10 heteroatoms. The van der Waals surface area contributed by atoms with E-state index in [9.17, 15) is 0 Å². The Balaban J connectivity index is 0.578. The normalized spacial score (nSPS) is 16.5. The second-order valence-electron chi connectivity index (χ2n) is 45.9. The van der Waals surface area contributed by atoms with E-state index in [-0.39, 0.29) is 21.7 Å². The molecular formula is C130H110N4O6. The first-order chi connectivity index (χ1) is 67.5. The number of fused-ring (bicyclic) bond motifs is 30. The predicted molar refractivity (Wildman–Crippen MR) is 589 cm³/mol. The zero-order chi connectivity index (χ0) is 94.6. The molecule has 0 aliphatic carbocycles. The molecule has 0 amide bonds. The van der Waals surface area contributed by atoms with Gasteiger partial charge in [0.1, 0.15) is 67.0 Å². The Morgan fingerprint density at radius 2 is 0.579 bits per heavy atom. The highest BCUT2D eigenvalue weighted by molar-refractivity contribution is 6.33. The van der Waals surface area contributed by atoms with E-state index in [1.807, 2.05) is 6.07 Å². The average Bonchev–Trinajstić information content (AvgIpc) is 1.54. The number of hydrogen-bond donors (Lipinski definition) is 0. The van der Waals surface area contributed by atoms with Gasteiger partial charge in [-0.2, -0.15) is 0 Å². The SMILES string of the molecule is CC1CC(C)CN(c2ccc3cc4c(cc3c2)oc2cc(-c3cc(CC(C)(C)c5ccc6c(c5)c5cc(C(C)(C)C)ccc5n6-c5ccc6cc7c(cc6c5)oc5cc(-c6cccc8c6oc6ccccc68)c6oc8cc9cc(-n%10c%11ccc(C(C)(C)C)cc%11c%11cc(C(C)(C)C)ccc%11%10)ccc9cc8c6c57)cc5c3oc3ccccc35)c3oc5cc6cc(N7CC(C)CC(C)C7)ccc6cc5c3c24)C1. The fraction of sp³-hybridized carbons (Fsp3) is 0.231. The van der Waals surface area contributed by atoms with Crippen molar-refractivity contribution in [3.63, 3.8) is 0 Å². The molecule has 10 heterocycles. The predicted octanol–water partition coefficient (Wildman–Crippen LogP) is 36.6. The van der Waals surface area contributed by atoms with E-state index >= 15 is 0 Å². The zero-order valence-corrected chi connectivity index (χ0v) is 82.1. The first-order valence-electron chi connectivity index (χ1n) is 50.5. The van der Waals surface area contributed by atoms with E-state index < -0.39 is 0 Å². The molecule has 2 aliphatic rings. The Morgan fingerprint density at radius 1 is 0.236 bits per heavy atom. The van der Waals surface area contributed by atoms with Crippen LogP contribution in [0.1, 0.15) is 145 Å². The van der Waals surface area contributed by atoms with E-state index in [0.29, 0.717) is 23.7 Å². The van der Waals surface area contributed by atoms with Crippen LogP contribution >= 0.6 is 0 Å². The largest absolute Gasteiger partial charge is 0.456 e. The second-order valence-corrected chi connectivity index (χ2v) is 45.9. The lowest BCUT2D eigenvalue weighted by Crippen LogP contribution is -2.38. The maximum absolute atomic E-state index is 7.59. The van der Waals surface area contributed by atoms with Gasteiger partial charge in [-0.3, -0.25) is 0 Å². The third-order valence-corrected chi connectivity index (χ3v) is 32.2. The van der Waals surface area contributed by atoms with Crippen LogP contribution in [0, 0.1) is 23.7 Å². The topological polar surface area (TPSA) is 95.2 Å². The average molecular weight is 1820 g/mol. The van der Waals surface area contributed by atoms with Gasteiger partial charge in [0.05, 0.1) is 22.1 Å². The number of anilines is 2. The molecule has 2 saturated heterocycles. The Morgan fingerprint density at radius 3 is 1.01 bits per heavy atom. The van der Waals surface area contributed by atoms with Gasteiger partial charge < -0.3 is 45.4 Å². The summed E-state index contributed by atoms with van der Waals surface area (Å²) in [6.45, 7) is 39.4. The summed E-state index contributed by atoms with van der Waals surface area (Å²) in [4.78, 5) is 5.17. The molecule has 8 aromatic heterocycles. The quantitative estimate of drug-likeness (QED) is 0.141. The van der Waals surface area contributed by atoms with Crippen molar-refractivity contribution in [2.24, 2.45) is 23.7 Å². The minimum atomic E-state index is -0.389. The van der Waals surface area contributed by atoms with E-state index in [1.54, 1.807) is 0 Å². The maximum Gasteiger partial charge on any atom is 0.144 e. The van der Waals surface area contributed by atoms with Crippen LogP contribution in [0.25, 0.3) is 252 Å². The molecule has 0 radical (unpaired) electrons. The summed E-state index contributed by atoms with van der Waals surface area (Å²) >= 11 is 0. The minimum absolute atomic E-state index is 0.0142. The smallest absolute Gasteiger partial charge is 0.144 e. The molecule has 4 atom stereocenters. The lowest BCUT2D eigenvalue weighted by Gasteiger charge is -2.36. The number of rotatable bonds is 9. The molecule has 4 unspecified atom stereocenters. The fourth-order valence-corrected chi connectivity index (χ4v) is 25.3. The van der Waals surface area contributed by atoms with Crippen LogP contribution in [0.2, 0.25) is 0 Å². The summed E-state index contributed by atoms with van der Waals surface area (Å²) in [5, 5.41) is 26.6. The highest BCUT2D eigenvalue weighted by atomic mass is 16.4. The van der Waals surface area contributed by atoms with Crippen molar-refractivity contribution in [1.82, 2.24) is 9.13 Å². The summed E-state index contributed by atoms with van der Waals surface area (Å²) in [6, 6.07) is 108. The third-order valence-electron chi connectivity index (χ3n) is 32.2. The fourth-order valence-electron chi connectivity index (χ4n) is 25.3. The first kappa shape index (κ1) is 83.2. The number of nitrogens with zero attached hydrogens (tertiary/aromatic N) is 4. The second kappa shape index (κ2) is 29.5. The molecule has 18 aromatic carbocycles. The van der Waals surface area contributed by atoms with Crippen molar-refractivity contribution in [2.45, 2.75) is 145 Å². The van der Waals surface area contributed by atoms with Crippen molar-refractivity contribution in [2.75, 3.05) is 36.0 Å². The Bertz CT molecular complexity index is 9820. The summed E-state index contributed by atoms with van der Waals surface area (Å²) in [6.07, 6.45) is 3.23. The van der Waals surface area contributed by atoms with E-state index in [1.165, 1.54) is 101 Å². The van der Waals surface area contributed by atoms with Gasteiger partial charge in [-0.1, -0.05) is 207 Å². The first-order valence-corrected chi connectivity index (χ1v) is 50.5. The van der Waals surface area contributed by atoms with E-state index in [0.717, 1.165) is 236 Å². The van der Waals surface area contributed by atoms with E-state index in [2.05, 4.69) is 402 Å². The summed E-state index contributed by atoms with van der Waals surface area (Å²) < 4.78 is 48.8. The molecule has 26 aromatic rings. The molecule has 0 spiro atoms. The molecule has 2 aliphatic heterocycles. The molecule has 0 bridgehead atoms. The number of aromatic nitrogens is 2. The Hall–Kier alpha value is -15.0. The maximum atomic E-state index is 7.59. The summed E-state index contributed by atoms with van der Waals surface area (Å²) in [5.74, 6) is 2.53. The Kier molecular flexibility index (Phi) is 17.6. The van der Waals surface area contributed by atoms with Crippen molar-refractivity contribution >= 4 is 230 Å². The van der Waals surface area contributed by atoms with Gasteiger partial charge in [0.15, 0.2) is 0 Å². The highest BCUT2D eigenvalue weighted by Crippen LogP contribution is 2.54. The highest BCUT2D eigenvalue weighted by Gasteiger charge is 2.34. The van der Waals surface area contributed by atoms with Crippen LogP contribution in [0.3, 0.4) is 0 Å². The van der Waals surface area contributed by atoms with Gasteiger partial charge in [0.2, 0.25) is 0 Å². The van der Waals surface area contributed by atoms with Gasteiger partial charge >= 0.3 is 0 Å². The van der Waals surface area contributed by atoms with Crippen LogP contribution in [-0.2, 0) is 28.1 Å². The molecule has 10 nitrogen and oxygen atoms in total. The molecule has 2 fully saturated rings. The molecule has 0 saturated carbocycles. The van der Waals surface area contributed by atoms with Crippen LogP contribution in [-0.4, -0.2) is 35.3 Å². The molecule has 28 rings (SSSR count).